The van der Waals surface area contributed by atoms with Crippen LogP contribution in [0.3, 0.4) is 0 Å². The maximum Gasteiger partial charge on any atom is 0.242 e. The predicted octanol–water partition coefficient (Wildman–Crippen LogP) is 4.75. The van der Waals surface area contributed by atoms with Gasteiger partial charge in [-0.05, 0) is 50.2 Å². The molecule has 2 aromatic rings. The fourth-order valence-electron chi connectivity index (χ4n) is 2.16. The van der Waals surface area contributed by atoms with Crippen LogP contribution in [0.2, 0.25) is 19.6 Å². The van der Waals surface area contributed by atoms with Gasteiger partial charge in [0.05, 0.1) is 11.9 Å². The molecule has 2 rings (SSSR count). The van der Waals surface area contributed by atoms with Crippen molar-refractivity contribution in [2.75, 3.05) is 6.61 Å². The summed E-state index contributed by atoms with van der Waals surface area (Å²) in [6, 6.07) is 12.3. The quantitative estimate of drug-likeness (QED) is 0.589. The van der Waals surface area contributed by atoms with Gasteiger partial charge in [0.25, 0.3) is 0 Å². The Morgan fingerprint density at radius 2 is 1.83 bits per heavy atom. The summed E-state index contributed by atoms with van der Waals surface area (Å²) >= 11 is 0. The van der Waals surface area contributed by atoms with Crippen molar-refractivity contribution in [3.63, 3.8) is 0 Å². The van der Waals surface area contributed by atoms with Crippen LogP contribution in [0, 0.1) is 0 Å². The minimum Gasteiger partial charge on any atom is -0.543 e. The van der Waals surface area contributed by atoms with Gasteiger partial charge in [-0.2, -0.15) is 0 Å². The van der Waals surface area contributed by atoms with Gasteiger partial charge < -0.3 is 9.53 Å². The zero-order valence-corrected chi connectivity index (χ0v) is 15.1. The molecule has 0 aliphatic rings. The monoisotopic (exact) mass is 327 g/mol. The Morgan fingerprint density at radius 3 is 2.39 bits per heavy atom. The van der Waals surface area contributed by atoms with Gasteiger partial charge in [0, 0.05) is 12.2 Å². The lowest BCUT2D eigenvalue weighted by Gasteiger charge is -2.18. The summed E-state index contributed by atoms with van der Waals surface area (Å²) in [7, 11) is -1.58. The summed E-state index contributed by atoms with van der Waals surface area (Å²) < 4.78 is 5.93. The molecule has 0 aliphatic heterocycles. The number of aliphatic hydroxyl groups excluding tert-OH is 1. The third-order valence-corrected chi connectivity index (χ3v) is 4.05. The molecule has 122 valence electrons. The first-order chi connectivity index (χ1) is 11.0. The molecule has 1 aromatic heterocycles. The largest absolute Gasteiger partial charge is 0.543 e. The van der Waals surface area contributed by atoms with Crippen LogP contribution in [0.4, 0.5) is 0 Å². The Kier molecular flexibility index (Phi) is 6.13. The number of hydrogen-bond acceptors (Lipinski definition) is 3. The molecule has 0 atom stereocenters. The van der Waals surface area contributed by atoms with E-state index in [9.17, 15) is 0 Å². The highest BCUT2D eigenvalue weighted by Crippen LogP contribution is 2.22. The Hall–Kier alpha value is -1.91. The highest BCUT2D eigenvalue weighted by molar-refractivity contribution is 6.70. The van der Waals surface area contributed by atoms with Gasteiger partial charge in [0.2, 0.25) is 8.32 Å². The molecule has 0 aliphatic carbocycles. The lowest BCUT2D eigenvalue weighted by molar-refractivity contribution is 0.290. The summed E-state index contributed by atoms with van der Waals surface area (Å²) in [4.78, 5) is 4.50. The van der Waals surface area contributed by atoms with Gasteiger partial charge in [-0.15, -0.1) is 0 Å². The maximum absolute atomic E-state index is 8.76. The van der Waals surface area contributed by atoms with Gasteiger partial charge in [-0.25, -0.2) is 0 Å². The number of allylic oxidation sites excluding steroid dienone is 1. The number of unbranched alkanes of at least 4 members (excludes halogenated alkanes) is 1. The molecule has 0 radical (unpaired) electrons. The number of benzene rings is 1. The third-order valence-electron chi connectivity index (χ3n) is 3.21. The third kappa shape index (κ3) is 6.00. The molecular formula is C19H25NO2Si. The van der Waals surface area contributed by atoms with Crippen molar-refractivity contribution in [1.29, 1.82) is 0 Å². The average Bonchev–Trinajstić information content (AvgIpc) is 2.52. The molecule has 23 heavy (non-hydrogen) atoms. The van der Waals surface area contributed by atoms with Crippen LogP contribution in [0.25, 0.3) is 17.3 Å². The summed E-state index contributed by atoms with van der Waals surface area (Å²) in [6.45, 7) is 6.72. The van der Waals surface area contributed by atoms with Crippen molar-refractivity contribution >= 4 is 14.4 Å². The molecule has 0 fully saturated rings. The van der Waals surface area contributed by atoms with Crippen molar-refractivity contribution in [3.8, 4) is 17.0 Å². The summed E-state index contributed by atoms with van der Waals surface area (Å²) in [5, 5.41) is 8.76. The molecule has 0 unspecified atom stereocenters. The van der Waals surface area contributed by atoms with Gasteiger partial charge in [0.15, 0.2) is 0 Å². The van der Waals surface area contributed by atoms with Crippen molar-refractivity contribution in [2.24, 2.45) is 0 Å². The molecule has 0 spiro atoms. The van der Waals surface area contributed by atoms with E-state index in [2.05, 4.69) is 61.0 Å². The van der Waals surface area contributed by atoms with E-state index in [1.165, 1.54) is 0 Å². The lowest BCUT2D eigenvalue weighted by atomic mass is 10.1. The van der Waals surface area contributed by atoms with E-state index < -0.39 is 8.32 Å². The van der Waals surface area contributed by atoms with E-state index in [1.807, 2.05) is 12.1 Å². The molecule has 0 bridgehead atoms. The van der Waals surface area contributed by atoms with Crippen molar-refractivity contribution in [1.82, 2.24) is 4.98 Å². The molecule has 3 nitrogen and oxygen atoms in total. The summed E-state index contributed by atoms with van der Waals surface area (Å²) in [5.41, 5.74) is 3.20. The minimum atomic E-state index is -1.58. The highest BCUT2D eigenvalue weighted by atomic mass is 28.4. The van der Waals surface area contributed by atoms with Gasteiger partial charge in [0.1, 0.15) is 5.75 Å². The maximum atomic E-state index is 8.76. The SMILES string of the molecule is C[Si](C)(C)Oc1ccc(-c2ccc(/C=C/CCCO)cc2)nc1. The molecular weight excluding hydrogens is 302 g/mol. The van der Waals surface area contributed by atoms with Crippen LogP contribution in [-0.4, -0.2) is 25.0 Å². The Bertz CT molecular complexity index is 628. The topological polar surface area (TPSA) is 42.4 Å². The van der Waals surface area contributed by atoms with Gasteiger partial charge in [-0.1, -0.05) is 36.4 Å². The highest BCUT2D eigenvalue weighted by Gasteiger charge is 2.16. The van der Waals surface area contributed by atoms with E-state index in [0.717, 1.165) is 35.4 Å². The lowest BCUT2D eigenvalue weighted by Crippen LogP contribution is -2.29. The number of aliphatic hydroxyl groups is 1. The number of aromatic nitrogens is 1. The van der Waals surface area contributed by atoms with E-state index in [0.29, 0.717) is 0 Å². The summed E-state index contributed by atoms with van der Waals surface area (Å²) in [6.07, 6.45) is 7.68. The van der Waals surface area contributed by atoms with Crippen LogP contribution in [-0.2, 0) is 0 Å². The molecule has 1 heterocycles. The van der Waals surface area contributed by atoms with Crippen molar-refractivity contribution in [2.45, 2.75) is 32.5 Å². The Balaban J connectivity index is 2.03. The molecule has 0 saturated heterocycles. The van der Waals surface area contributed by atoms with Crippen molar-refractivity contribution in [3.05, 3.63) is 54.2 Å². The van der Waals surface area contributed by atoms with Crippen LogP contribution in [0.5, 0.6) is 5.75 Å². The second kappa shape index (κ2) is 8.08. The second-order valence-electron chi connectivity index (χ2n) is 6.48. The average molecular weight is 328 g/mol. The van der Waals surface area contributed by atoms with Gasteiger partial charge in [-0.3, -0.25) is 4.98 Å². The number of rotatable bonds is 7. The number of pyridine rings is 1. The van der Waals surface area contributed by atoms with Crippen LogP contribution in [0.1, 0.15) is 18.4 Å². The number of nitrogens with zero attached hydrogens (tertiary/aromatic N) is 1. The fourth-order valence-corrected chi connectivity index (χ4v) is 2.99. The molecule has 1 aromatic carbocycles. The molecule has 4 heteroatoms. The van der Waals surface area contributed by atoms with E-state index in [-0.39, 0.29) is 6.61 Å². The first-order valence-corrected chi connectivity index (χ1v) is 11.4. The standard InChI is InChI=1S/C19H25NO2Si/c1-23(2,3)22-18-12-13-19(20-15-18)17-10-8-16(9-11-17)7-5-4-6-14-21/h5,7-13,15,21H,4,6,14H2,1-3H3/b7-5+. The molecule has 1 N–H and O–H groups in total. The smallest absolute Gasteiger partial charge is 0.242 e. The van der Waals surface area contributed by atoms with Crippen LogP contribution in [0.15, 0.2) is 48.7 Å². The summed E-state index contributed by atoms with van der Waals surface area (Å²) in [5.74, 6) is 0.844. The van der Waals surface area contributed by atoms with E-state index >= 15 is 0 Å². The van der Waals surface area contributed by atoms with Crippen molar-refractivity contribution < 1.29 is 9.53 Å². The second-order valence-corrected chi connectivity index (χ2v) is 10.9. The molecule has 0 saturated carbocycles. The van der Waals surface area contributed by atoms with Crippen LogP contribution < -0.4 is 4.43 Å². The zero-order chi connectivity index (χ0) is 16.7. The Labute approximate surface area is 139 Å². The van der Waals surface area contributed by atoms with E-state index in [4.69, 9.17) is 9.53 Å². The first-order valence-electron chi connectivity index (χ1n) is 8.01. The van der Waals surface area contributed by atoms with Gasteiger partial charge >= 0.3 is 0 Å². The first kappa shape index (κ1) is 17.4. The fraction of sp³-hybridized carbons (Fsp3) is 0.316. The zero-order valence-electron chi connectivity index (χ0n) is 14.1. The normalized spacial score (nSPS) is 11.8. The predicted molar refractivity (Wildman–Crippen MR) is 99.0 cm³/mol. The Morgan fingerprint density at radius 1 is 1.09 bits per heavy atom. The van der Waals surface area contributed by atoms with E-state index in [1.54, 1.807) is 6.20 Å². The van der Waals surface area contributed by atoms with Crippen LogP contribution >= 0.6 is 0 Å². The molecule has 0 amide bonds. The minimum absolute atomic E-state index is 0.242. The number of hydrogen-bond donors (Lipinski definition) is 1.